The van der Waals surface area contributed by atoms with Gasteiger partial charge < -0.3 is 9.15 Å². The summed E-state index contributed by atoms with van der Waals surface area (Å²) < 4.78 is 12.2. The number of hydrogen-bond acceptors (Lipinski definition) is 2. The first-order chi connectivity index (χ1) is 7.15. The highest BCUT2D eigenvalue weighted by atomic mass is 79.9. The fraction of sp³-hybridized carbons (Fsp3) is 0.333. The van der Waals surface area contributed by atoms with Gasteiger partial charge in [0.05, 0.1) is 6.10 Å². The van der Waals surface area contributed by atoms with E-state index >= 15 is 0 Å². The molecule has 3 heteroatoms. The third-order valence-electron chi connectivity index (χ3n) is 2.09. The van der Waals surface area contributed by atoms with Crippen LogP contribution >= 0.6 is 15.9 Å². The summed E-state index contributed by atoms with van der Waals surface area (Å²) in [5.74, 6) is 0.872. The van der Waals surface area contributed by atoms with Crippen molar-refractivity contribution >= 4 is 26.9 Å². The molecule has 2 aromatic rings. The van der Waals surface area contributed by atoms with E-state index in [4.69, 9.17) is 9.15 Å². The van der Waals surface area contributed by atoms with Gasteiger partial charge >= 0.3 is 0 Å². The Morgan fingerprint density at radius 3 is 2.87 bits per heavy atom. The molecule has 2 nitrogen and oxygen atoms in total. The van der Waals surface area contributed by atoms with E-state index in [1.165, 1.54) is 0 Å². The maximum atomic E-state index is 5.64. The van der Waals surface area contributed by atoms with Gasteiger partial charge in [0.15, 0.2) is 0 Å². The molecule has 0 spiro atoms. The van der Waals surface area contributed by atoms with Crippen LogP contribution in [0.25, 0.3) is 11.0 Å². The minimum absolute atomic E-state index is 0.227. The van der Waals surface area contributed by atoms with E-state index in [-0.39, 0.29) is 6.10 Å². The normalized spacial score (nSPS) is 11.5. The van der Waals surface area contributed by atoms with Crippen molar-refractivity contribution in [1.29, 1.82) is 0 Å². The summed E-state index contributed by atoms with van der Waals surface area (Å²) in [6.07, 6.45) is 0.227. The number of fused-ring (bicyclic) bond motifs is 1. The first kappa shape index (κ1) is 10.7. The van der Waals surface area contributed by atoms with Gasteiger partial charge in [-0.1, -0.05) is 15.9 Å². The van der Waals surface area contributed by atoms with Gasteiger partial charge in [-0.25, -0.2) is 0 Å². The van der Waals surface area contributed by atoms with E-state index in [0.29, 0.717) is 6.61 Å². The van der Waals surface area contributed by atoms with Crippen LogP contribution < -0.4 is 0 Å². The lowest BCUT2D eigenvalue weighted by Crippen LogP contribution is -2.01. The fourth-order valence-corrected chi connectivity index (χ4v) is 1.72. The number of ether oxygens (including phenoxy) is 1. The van der Waals surface area contributed by atoms with Crippen LogP contribution in [0.3, 0.4) is 0 Å². The maximum Gasteiger partial charge on any atom is 0.135 e. The van der Waals surface area contributed by atoms with Crippen molar-refractivity contribution in [2.24, 2.45) is 0 Å². The molecule has 0 bridgehead atoms. The van der Waals surface area contributed by atoms with Crippen LogP contribution in [-0.4, -0.2) is 6.10 Å². The second-order valence-corrected chi connectivity index (χ2v) is 4.67. The molecule has 0 unspecified atom stereocenters. The van der Waals surface area contributed by atoms with Crippen molar-refractivity contribution in [3.05, 3.63) is 34.5 Å². The van der Waals surface area contributed by atoms with Crippen molar-refractivity contribution < 1.29 is 9.15 Å². The summed E-state index contributed by atoms with van der Waals surface area (Å²) in [5, 5.41) is 1.11. The second kappa shape index (κ2) is 4.37. The summed E-state index contributed by atoms with van der Waals surface area (Å²) in [6.45, 7) is 4.56. The average Bonchev–Trinajstić information content (AvgIpc) is 2.56. The first-order valence-corrected chi connectivity index (χ1v) is 5.74. The standard InChI is InChI=1S/C12H13BrO2/c1-8(2)14-7-11-5-9-3-4-10(13)6-12(9)15-11/h3-6,8H,7H2,1-2H3. The van der Waals surface area contributed by atoms with Gasteiger partial charge in [0.1, 0.15) is 18.0 Å². The molecule has 0 aliphatic heterocycles. The van der Waals surface area contributed by atoms with Crippen molar-refractivity contribution in [3.63, 3.8) is 0 Å². The van der Waals surface area contributed by atoms with Crippen LogP contribution in [0, 0.1) is 0 Å². The zero-order valence-electron chi connectivity index (χ0n) is 8.79. The van der Waals surface area contributed by atoms with Gasteiger partial charge in [0.2, 0.25) is 0 Å². The average molecular weight is 269 g/mol. The predicted octanol–water partition coefficient (Wildman–Crippen LogP) is 4.12. The number of halogens is 1. The number of hydrogen-bond donors (Lipinski definition) is 0. The van der Waals surface area contributed by atoms with Crippen molar-refractivity contribution in [2.75, 3.05) is 0 Å². The summed E-state index contributed by atoms with van der Waals surface area (Å²) in [7, 11) is 0. The molecule has 0 aliphatic carbocycles. The van der Waals surface area contributed by atoms with Gasteiger partial charge in [-0.3, -0.25) is 0 Å². The highest BCUT2D eigenvalue weighted by Gasteiger charge is 2.04. The number of furan rings is 1. The van der Waals surface area contributed by atoms with E-state index in [1.54, 1.807) is 0 Å². The molecule has 1 heterocycles. The van der Waals surface area contributed by atoms with E-state index in [1.807, 2.05) is 38.1 Å². The molecule has 1 aromatic carbocycles. The molecule has 0 amide bonds. The Bertz CT molecular complexity index is 460. The van der Waals surface area contributed by atoms with Crippen molar-refractivity contribution in [1.82, 2.24) is 0 Å². The van der Waals surface area contributed by atoms with Crippen LogP contribution in [0.4, 0.5) is 0 Å². The van der Waals surface area contributed by atoms with Crippen molar-refractivity contribution in [2.45, 2.75) is 26.6 Å². The van der Waals surface area contributed by atoms with E-state index in [0.717, 1.165) is 21.2 Å². The molecule has 0 fully saturated rings. The van der Waals surface area contributed by atoms with Gasteiger partial charge in [0.25, 0.3) is 0 Å². The summed E-state index contributed by atoms with van der Waals surface area (Å²) in [6, 6.07) is 8.02. The van der Waals surface area contributed by atoms with Crippen molar-refractivity contribution in [3.8, 4) is 0 Å². The molecule has 0 radical (unpaired) electrons. The molecular formula is C12H13BrO2. The molecular weight excluding hydrogens is 256 g/mol. The fourth-order valence-electron chi connectivity index (χ4n) is 1.38. The summed E-state index contributed by atoms with van der Waals surface area (Å²) in [4.78, 5) is 0. The van der Waals surface area contributed by atoms with Crippen LogP contribution in [-0.2, 0) is 11.3 Å². The van der Waals surface area contributed by atoms with Crippen LogP contribution in [0.5, 0.6) is 0 Å². The van der Waals surface area contributed by atoms with Crippen LogP contribution in [0.15, 0.2) is 33.2 Å². The summed E-state index contributed by atoms with van der Waals surface area (Å²) in [5.41, 5.74) is 0.895. The number of benzene rings is 1. The molecule has 2 rings (SSSR count). The zero-order valence-corrected chi connectivity index (χ0v) is 10.4. The Balaban J connectivity index is 2.23. The molecule has 0 saturated heterocycles. The molecule has 1 aromatic heterocycles. The second-order valence-electron chi connectivity index (χ2n) is 3.75. The van der Waals surface area contributed by atoms with Gasteiger partial charge in [-0.15, -0.1) is 0 Å². The summed E-state index contributed by atoms with van der Waals surface area (Å²) >= 11 is 3.41. The molecule has 0 saturated carbocycles. The lowest BCUT2D eigenvalue weighted by Gasteiger charge is -2.03. The predicted molar refractivity (Wildman–Crippen MR) is 63.8 cm³/mol. The van der Waals surface area contributed by atoms with Gasteiger partial charge in [-0.2, -0.15) is 0 Å². The third-order valence-corrected chi connectivity index (χ3v) is 2.59. The lowest BCUT2D eigenvalue weighted by atomic mass is 10.2. The molecule has 0 atom stereocenters. The molecule has 0 aliphatic rings. The molecule has 15 heavy (non-hydrogen) atoms. The van der Waals surface area contributed by atoms with E-state index in [2.05, 4.69) is 15.9 Å². The number of rotatable bonds is 3. The Labute approximate surface area is 97.3 Å². The van der Waals surface area contributed by atoms with E-state index in [9.17, 15) is 0 Å². The van der Waals surface area contributed by atoms with Gasteiger partial charge in [-0.05, 0) is 38.1 Å². The van der Waals surface area contributed by atoms with Crippen LogP contribution in [0.1, 0.15) is 19.6 Å². The SMILES string of the molecule is CC(C)OCc1cc2ccc(Br)cc2o1. The molecule has 0 N–H and O–H groups in total. The Morgan fingerprint density at radius 2 is 2.13 bits per heavy atom. The largest absolute Gasteiger partial charge is 0.459 e. The van der Waals surface area contributed by atoms with E-state index < -0.39 is 0 Å². The minimum atomic E-state index is 0.227. The highest BCUT2D eigenvalue weighted by molar-refractivity contribution is 9.10. The zero-order chi connectivity index (χ0) is 10.8. The Kier molecular flexibility index (Phi) is 3.12. The maximum absolute atomic E-state index is 5.64. The lowest BCUT2D eigenvalue weighted by molar-refractivity contribution is 0.0553. The smallest absolute Gasteiger partial charge is 0.135 e. The Hall–Kier alpha value is -0.800. The minimum Gasteiger partial charge on any atom is -0.459 e. The highest BCUT2D eigenvalue weighted by Crippen LogP contribution is 2.23. The topological polar surface area (TPSA) is 22.4 Å². The quantitative estimate of drug-likeness (QED) is 0.836. The Morgan fingerprint density at radius 1 is 1.33 bits per heavy atom. The van der Waals surface area contributed by atoms with Crippen LogP contribution in [0.2, 0.25) is 0 Å². The molecule has 80 valence electrons. The third kappa shape index (κ3) is 2.61. The monoisotopic (exact) mass is 268 g/mol. The van der Waals surface area contributed by atoms with Gasteiger partial charge in [0, 0.05) is 9.86 Å². The first-order valence-electron chi connectivity index (χ1n) is 4.95.